The molecule has 23 heteroatoms. The summed E-state index contributed by atoms with van der Waals surface area (Å²) in [7, 11) is 8.07. The van der Waals surface area contributed by atoms with Crippen LogP contribution in [0.15, 0.2) is 146 Å². The van der Waals surface area contributed by atoms with E-state index in [4.69, 9.17) is 19.9 Å². The summed E-state index contributed by atoms with van der Waals surface area (Å²) in [6.45, 7) is 32.7. The van der Waals surface area contributed by atoms with Gasteiger partial charge in [-0.1, -0.05) is 97.4 Å². The van der Waals surface area contributed by atoms with Crippen molar-refractivity contribution in [2.24, 2.45) is 0 Å². The van der Waals surface area contributed by atoms with Gasteiger partial charge in [0.15, 0.2) is 0 Å². The largest absolute Gasteiger partial charge is 0.460 e. The number of carbonyl (C=O) groups excluding carboxylic acids is 10. The zero-order valence-corrected chi connectivity index (χ0v) is 68.6. The van der Waals surface area contributed by atoms with E-state index in [1.165, 1.54) is 81.2 Å². The molecule has 0 bridgehead atoms. The van der Waals surface area contributed by atoms with Crippen LogP contribution in [0.25, 0.3) is 0 Å². The van der Waals surface area contributed by atoms with Gasteiger partial charge in [-0.2, -0.15) is 0 Å². The number of benzene rings is 6. The second-order valence-corrected chi connectivity index (χ2v) is 29.8. The summed E-state index contributed by atoms with van der Waals surface area (Å²) in [4.78, 5) is 117. The quantitative estimate of drug-likeness (QED) is 0.0168. The fourth-order valence-corrected chi connectivity index (χ4v) is 9.57. The number of Topliss-reactive ketones (excluding diaryl/α,β-unsaturated/α-hetero) is 3. The van der Waals surface area contributed by atoms with Crippen LogP contribution in [0.3, 0.4) is 0 Å². The minimum atomic E-state index is -0.545. The predicted molar refractivity (Wildman–Crippen MR) is 440 cm³/mol. The molecule has 0 unspecified atom stereocenters. The topological polar surface area (TPSA) is 306 Å². The molecule has 23 nitrogen and oxygen atoms in total. The van der Waals surface area contributed by atoms with Crippen molar-refractivity contribution < 1.29 is 62.2 Å². The van der Waals surface area contributed by atoms with E-state index >= 15 is 0 Å². The maximum Gasteiger partial charge on any atom is 0.412 e. The molecule has 598 valence electrons. The smallest absolute Gasteiger partial charge is 0.412 e. The van der Waals surface area contributed by atoms with Gasteiger partial charge < -0.3 is 70.3 Å². The van der Waals surface area contributed by atoms with Crippen molar-refractivity contribution in [3.63, 3.8) is 0 Å². The maximum absolute atomic E-state index is 11.7. The Morgan fingerprint density at radius 2 is 0.835 bits per heavy atom. The molecule has 6 aromatic carbocycles. The molecule has 8 N–H and O–H groups in total. The number of carbonyl (C=O) groups is 10. The summed E-state index contributed by atoms with van der Waals surface area (Å²) in [5.41, 5.74) is 15.7. The molecule has 0 spiro atoms. The van der Waals surface area contributed by atoms with E-state index in [2.05, 4.69) is 89.1 Å². The van der Waals surface area contributed by atoms with Gasteiger partial charge in [0.05, 0.1) is 6.42 Å². The number of para-hydroxylation sites is 1. The second kappa shape index (κ2) is 51.8. The van der Waals surface area contributed by atoms with Gasteiger partial charge in [-0.05, 0) is 222 Å². The van der Waals surface area contributed by atoms with Crippen LogP contribution in [0.5, 0.6) is 0 Å². The molecule has 0 aromatic heterocycles. The summed E-state index contributed by atoms with van der Waals surface area (Å²) < 4.78 is 15.6. The van der Waals surface area contributed by atoms with E-state index < -0.39 is 29.0 Å². The number of amides is 6. The van der Waals surface area contributed by atoms with E-state index in [1.807, 2.05) is 155 Å². The first-order valence-corrected chi connectivity index (χ1v) is 37.0. The highest BCUT2D eigenvalue weighted by Crippen LogP contribution is 2.20. The first-order valence-electron chi connectivity index (χ1n) is 37.0. The molecule has 6 amide bonds. The van der Waals surface area contributed by atoms with Crippen molar-refractivity contribution in [2.45, 2.75) is 211 Å². The molecule has 109 heavy (non-hydrogen) atoms. The van der Waals surface area contributed by atoms with Crippen LogP contribution in [0.2, 0.25) is 0 Å². The molecule has 0 atom stereocenters. The minimum absolute atomic E-state index is 0.0717. The number of hydrogen-bond donors (Lipinski definition) is 7. The predicted octanol–water partition coefficient (Wildman–Crippen LogP) is 14.5. The number of ketones is 3. The van der Waals surface area contributed by atoms with Crippen LogP contribution in [0.4, 0.5) is 38.0 Å². The fraction of sp³-hybridized carbons (Fsp3) is 0.465. The van der Waals surface area contributed by atoms with E-state index in [1.54, 1.807) is 66.7 Å². The number of likely N-dealkylation sites (tertiary alicyclic amines) is 1. The number of nitrogen functional groups attached to an aromatic ring is 1. The van der Waals surface area contributed by atoms with Crippen LogP contribution in [-0.2, 0) is 97.9 Å². The Morgan fingerprint density at radius 1 is 0.413 bits per heavy atom. The van der Waals surface area contributed by atoms with E-state index in [0.717, 1.165) is 60.3 Å². The van der Waals surface area contributed by atoms with Crippen molar-refractivity contribution in [2.75, 3.05) is 80.5 Å². The van der Waals surface area contributed by atoms with Gasteiger partial charge in [0.25, 0.3) is 0 Å². The molecule has 6 aromatic rings. The standard InChI is InChI=1S/C15H21NO3.2C14H20N2O3.2C12H17NO.C10H13NO.C9H18N2O/c1-11(17)16-10-13-7-5-6-12(8-13)9-14(18)19-15(2,3)4;1-10(17)15-9-11-5-7-12(8-6-11)16-13(18)19-14(2,3)4;1-10(17)15-9-11-7-5-6-8-12(11)16-13(18)19-14(2,3)4;1-10(14)4-5-11-6-8-12(9-7-11)13(2)3;1-10(14)7-8-11-5-4-6-12(9-11)13(2)3;1-8(12)2-3-9-4-6-10(11)7-5-9;1-9(12)10-5-8-11-6-3-2-4-7-11/h5-8H,9-10H2,1-4H3,(H,16,17);2*5-8H,9H2,1-4H3,(H,15,17)(H,16,18);6-9H,4-5H2,1-3H3;4-6,9H,7-8H2,1-3H3;4-7H,2-3,11H2,1H3;2-8H2,1H3,(H,10,12). The number of nitrogens with one attached hydrogen (secondary N) is 6. The highest BCUT2D eigenvalue weighted by molar-refractivity contribution is 5.86. The number of piperidine rings is 1. The second-order valence-electron chi connectivity index (χ2n) is 29.8. The lowest BCUT2D eigenvalue weighted by Crippen LogP contribution is -2.36. The lowest BCUT2D eigenvalue weighted by Gasteiger charge is -2.26. The van der Waals surface area contributed by atoms with Crippen LogP contribution in [0.1, 0.15) is 188 Å². The van der Waals surface area contributed by atoms with Crippen molar-refractivity contribution in [3.05, 3.63) is 185 Å². The highest BCUT2D eigenvalue weighted by Gasteiger charge is 2.20. The first-order chi connectivity index (χ1) is 51.0. The molecule has 1 fully saturated rings. The molecular weight excluding hydrogens is 1380 g/mol. The molecule has 0 aliphatic carbocycles. The third kappa shape index (κ3) is 53.1. The number of esters is 1. The molecule has 0 saturated carbocycles. The van der Waals surface area contributed by atoms with Gasteiger partial charge in [-0.3, -0.25) is 34.6 Å². The van der Waals surface area contributed by atoms with Gasteiger partial charge in [-0.15, -0.1) is 0 Å². The average Bonchev–Trinajstić information content (AvgIpc) is 0.858. The molecule has 1 saturated heterocycles. The van der Waals surface area contributed by atoms with Gasteiger partial charge in [0.2, 0.25) is 23.6 Å². The Labute approximate surface area is 649 Å². The first kappa shape index (κ1) is 96.6. The van der Waals surface area contributed by atoms with Gasteiger partial charge >= 0.3 is 18.2 Å². The molecule has 1 aliphatic rings. The lowest BCUT2D eigenvalue weighted by atomic mass is 10.1. The molecular formula is C86H126N10O13. The van der Waals surface area contributed by atoms with Gasteiger partial charge in [-0.25, -0.2) is 9.59 Å². The Bertz CT molecular complexity index is 3740. The molecule has 7 rings (SSSR count). The number of aryl methyl sites for hydroxylation is 3. The Morgan fingerprint density at radius 3 is 1.31 bits per heavy atom. The maximum atomic E-state index is 11.7. The third-order valence-corrected chi connectivity index (χ3v) is 15.0. The van der Waals surface area contributed by atoms with E-state index in [-0.39, 0.29) is 53.4 Å². The Hall–Kier alpha value is -10.4. The monoisotopic (exact) mass is 1510 g/mol. The van der Waals surface area contributed by atoms with Gasteiger partial charge in [0, 0.05) is 136 Å². The number of nitrogens with zero attached hydrogens (tertiary/aromatic N) is 3. The SMILES string of the molecule is CC(=O)CCc1ccc(N(C)C)cc1.CC(=O)CCc1ccc(N)cc1.CC(=O)CCc1cccc(N(C)C)c1.CC(=O)NCCN1CCCCC1.CC(=O)NCc1ccc(NC(=O)OC(C)(C)C)cc1.CC(=O)NCc1cccc(CC(=O)OC(C)(C)C)c1.CC(=O)NCc1ccccc1NC(=O)OC(C)(C)C. The zero-order valence-electron chi connectivity index (χ0n) is 68.6. The number of anilines is 5. The minimum Gasteiger partial charge on any atom is -0.460 e. The van der Waals surface area contributed by atoms with Gasteiger partial charge in [0.1, 0.15) is 34.2 Å². The zero-order chi connectivity index (χ0) is 82.3. The molecule has 1 heterocycles. The van der Waals surface area contributed by atoms with Crippen molar-refractivity contribution in [3.8, 4) is 0 Å². The number of nitrogens with two attached hydrogens (primary N) is 1. The van der Waals surface area contributed by atoms with Crippen molar-refractivity contribution in [1.29, 1.82) is 0 Å². The summed E-state index contributed by atoms with van der Waals surface area (Å²) in [6, 6.07) is 46.3. The normalized spacial score (nSPS) is 11.4. The number of ether oxygens (including phenoxy) is 3. The number of rotatable bonds is 24. The average molecular weight is 1510 g/mol. The summed E-state index contributed by atoms with van der Waals surface area (Å²) >= 11 is 0. The Kier molecular flexibility index (Phi) is 45.9. The summed E-state index contributed by atoms with van der Waals surface area (Å²) in [5.74, 6) is 0.297. The number of hydrogen-bond acceptors (Lipinski definition) is 17. The van der Waals surface area contributed by atoms with Crippen LogP contribution < -0.4 is 47.4 Å². The third-order valence-electron chi connectivity index (χ3n) is 15.0. The fourth-order valence-electron chi connectivity index (χ4n) is 9.57. The summed E-state index contributed by atoms with van der Waals surface area (Å²) in [5, 5.41) is 16.3. The summed E-state index contributed by atoms with van der Waals surface area (Å²) in [6.07, 6.45) is 7.66. The highest BCUT2D eigenvalue weighted by atomic mass is 16.6. The van der Waals surface area contributed by atoms with Crippen molar-refractivity contribution >= 4 is 87.6 Å². The van der Waals surface area contributed by atoms with Crippen LogP contribution in [0, 0.1) is 0 Å². The van der Waals surface area contributed by atoms with E-state index in [0.29, 0.717) is 50.3 Å². The Balaban J connectivity index is 0.000000641. The molecule has 1 aliphatic heterocycles. The lowest BCUT2D eigenvalue weighted by molar-refractivity contribution is -0.154. The van der Waals surface area contributed by atoms with Crippen molar-refractivity contribution in [1.82, 2.24) is 26.2 Å². The van der Waals surface area contributed by atoms with Crippen LogP contribution in [-0.4, -0.2) is 135 Å². The molecule has 0 radical (unpaired) electrons. The van der Waals surface area contributed by atoms with E-state index in [9.17, 15) is 47.9 Å². The van der Waals surface area contributed by atoms with Crippen LogP contribution >= 0.6 is 0 Å².